The molecular weight excluding hydrogens is 238 g/mol. The summed E-state index contributed by atoms with van der Waals surface area (Å²) in [5, 5.41) is 15.5. The van der Waals surface area contributed by atoms with E-state index in [0.717, 1.165) is 18.9 Å². The second-order valence-electron chi connectivity index (χ2n) is 6.61. The zero-order valence-corrected chi connectivity index (χ0v) is 12.8. The van der Waals surface area contributed by atoms with Crippen LogP contribution in [-0.4, -0.2) is 23.6 Å². The Morgan fingerprint density at radius 2 is 1.89 bits per heavy atom. The lowest BCUT2D eigenvalue weighted by molar-refractivity contribution is 0.298. The van der Waals surface area contributed by atoms with Gasteiger partial charge >= 0.3 is 0 Å². The predicted molar refractivity (Wildman–Crippen MR) is 80.5 cm³/mol. The highest BCUT2D eigenvalue weighted by Crippen LogP contribution is 2.26. The molecular formula is C15H31N3O. The van der Waals surface area contributed by atoms with Gasteiger partial charge in [0, 0.05) is 11.5 Å². The molecule has 0 radical (unpaired) electrons. The molecule has 1 aliphatic carbocycles. The maximum absolute atomic E-state index is 8.76. The topological polar surface area (TPSA) is 70.6 Å². The molecule has 0 aliphatic heterocycles. The smallest absolute Gasteiger partial charge is 0.144 e. The molecule has 4 heteroatoms. The standard InChI is InChI=1S/C15H31N3O/c1-12(13-8-6-4-5-7-9-13)17-11-10-15(2,3)14(16)18-19/h12-13,17,19H,4-11H2,1-3H3,(H2,16,18)/t12-/m0/s1. The van der Waals surface area contributed by atoms with E-state index in [9.17, 15) is 0 Å². The first-order chi connectivity index (χ1) is 8.97. The minimum absolute atomic E-state index is 0.245. The molecule has 4 nitrogen and oxygen atoms in total. The van der Waals surface area contributed by atoms with E-state index >= 15 is 0 Å². The Hall–Kier alpha value is -0.770. The van der Waals surface area contributed by atoms with Gasteiger partial charge in [0.25, 0.3) is 0 Å². The number of nitrogens with one attached hydrogen (secondary N) is 1. The number of amidine groups is 1. The molecule has 1 rings (SSSR count). The average Bonchev–Trinajstić information content (AvgIpc) is 2.66. The fourth-order valence-electron chi connectivity index (χ4n) is 2.85. The Balaban J connectivity index is 2.31. The van der Waals surface area contributed by atoms with Crippen molar-refractivity contribution in [2.75, 3.05) is 6.54 Å². The van der Waals surface area contributed by atoms with Gasteiger partial charge < -0.3 is 16.3 Å². The maximum atomic E-state index is 8.76. The van der Waals surface area contributed by atoms with Crippen LogP contribution in [0.3, 0.4) is 0 Å². The Labute approximate surface area is 117 Å². The van der Waals surface area contributed by atoms with Crippen molar-refractivity contribution in [2.24, 2.45) is 22.2 Å². The third-order valence-corrected chi connectivity index (χ3v) is 4.62. The highest BCUT2D eigenvalue weighted by Gasteiger charge is 2.24. The highest BCUT2D eigenvalue weighted by molar-refractivity contribution is 5.85. The number of hydrogen-bond acceptors (Lipinski definition) is 3. The van der Waals surface area contributed by atoms with Crippen LogP contribution in [0.4, 0.5) is 0 Å². The molecule has 0 unspecified atom stereocenters. The third-order valence-electron chi connectivity index (χ3n) is 4.62. The lowest BCUT2D eigenvalue weighted by Crippen LogP contribution is -2.39. The second kappa shape index (κ2) is 7.73. The van der Waals surface area contributed by atoms with Gasteiger partial charge in [-0.15, -0.1) is 0 Å². The molecule has 0 spiro atoms. The lowest BCUT2D eigenvalue weighted by atomic mass is 9.87. The van der Waals surface area contributed by atoms with E-state index in [2.05, 4.69) is 17.4 Å². The summed E-state index contributed by atoms with van der Waals surface area (Å²) in [4.78, 5) is 0. The van der Waals surface area contributed by atoms with Gasteiger partial charge in [0.1, 0.15) is 5.84 Å². The van der Waals surface area contributed by atoms with Gasteiger partial charge in [0.05, 0.1) is 0 Å². The first kappa shape index (κ1) is 16.3. The summed E-state index contributed by atoms with van der Waals surface area (Å²) < 4.78 is 0. The molecule has 0 aromatic heterocycles. The van der Waals surface area contributed by atoms with Crippen LogP contribution in [0.5, 0.6) is 0 Å². The van der Waals surface area contributed by atoms with Crippen molar-refractivity contribution in [2.45, 2.75) is 71.8 Å². The fourth-order valence-corrected chi connectivity index (χ4v) is 2.85. The monoisotopic (exact) mass is 269 g/mol. The molecule has 1 fully saturated rings. The number of hydrogen-bond donors (Lipinski definition) is 3. The molecule has 1 atom stereocenters. The molecule has 0 aromatic rings. The van der Waals surface area contributed by atoms with Gasteiger partial charge in [-0.3, -0.25) is 0 Å². The van der Waals surface area contributed by atoms with Crippen molar-refractivity contribution < 1.29 is 5.21 Å². The highest BCUT2D eigenvalue weighted by atomic mass is 16.4. The number of oxime groups is 1. The SMILES string of the molecule is C[C@H](NCCC(C)(C)C(N)=NO)C1CCCCCC1. The summed E-state index contributed by atoms with van der Waals surface area (Å²) in [7, 11) is 0. The molecule has 19 heavy (non-hydrogen) atoms. The minimum Gasteiger partial charge on any atom is -0.409 e. The largest absolute Gasteiger partial charge is 0.409 e. The van der Waals surface area contributed by atoms with Crippen molar-refractivity contribution in [1.29, 1.82) is 0 Å². The van der Waals surface area contributed by atoms with Crippen LogP contribution in [0.25, 0.3) is 0 Å². The van der Waals surface area contributed by atoms with Crippen LogP contribution in [-0.2, 0) is 0 Å². The molecule has 0 saturated heterocycles. The fraction of sp³-hybridized carbons (Fsp3) is 0.933. The zero-order valence-electron chi connectivity index (χ0n) is 12.8. The van der Waals surface area contributed by atoms with Crippen LogP contribution in [0.1, 0.15) is 65.7 Å². The Morgan fingerprint density at radius 1 is 1.32 bits per heavy atom. The molecule has 0 amide bonds. The summed E-state index contributed by atoms with van der Waals surface area (Å²) in [5.41, 5.74) is 5.46. The van der Waals surface area contributed by atoms with E-state index in [1.165, 1.54) is 38.5 Å². The molecule has 0 bridgehead atoms. The van der Waals surface area contributed by atoms with Gasteiger partial charge in [0.2, 0.25) is 0 Å². The molecule has 1 aliphatic rings. The number of nitrogens with two attached hydrogens (primary N) is 1. The molecule has 0 heterocycles. The third kappa shape index (κ3) is 5.39. The first-order valence-electron chi connectivity index (χ1n) is 7.69. The second-order valence-corrected chi connectivity index (χ2v) is 6.61. The maximum Gasteiger partial charge on any atom is 0.144 e. The predicted octanol–water partition coefficient (Wildman–Crippen LogP) is 3.10. The molecule has 0 aromatic carbocycles. The van der Waals surface area contributed by atoms with E-state index in [1.54, 1.807) is 0 Å². The summed E-state index contributed by atoms with van der Waals surface area (Å²) >= 11 is 0. The summed E-state index contributed by atoms with van der Waals surface area (Å²) in [5.74, 6) is 1.13. The van der Waals surface area contributed by atoms with Crippen molar-refractivity contribution in [3.05, 3.63) is 0 Å². The van der Waals surface area contributed by atoms with Crippen LogP contribution in [0.2, 0.25) is 0 Å². The van der Waals surface area contributed by atoms with E-state index in [-0.39, 0.29) is 5.41 Å². The van der Waals surface area contributed by atoms with Crippen molar-refractivity contribution in [3.63, 3.8) is 0 Å². The molecule has 4 N–H and O–H groups in total. The van der Waals surface area contributed by atoms with E-state index in [0.29, 0.717) is 11.9 Å². The number of rotatable bonds is 6. The quantitative estimate of drug-likeness (QED) is 0.228. The van der Waals surface area contributed by atoms with Gasteiger partial charge in [-0.2, -0.15) is 0 Å². The molecule has 112 valence electrons. The van der Waals surface area contributed by atoms with Gasteiger partial charge in [0.15, 0.2) is 0 Å². The molecule has 1 saturated carbocycles. The van der Waals surface area contributed by atoms with E-state index in [4.69, 9.17) is 10.9 Å². The first-order valence-corrected chi connectivity index (χ1v) is 7.69. The van der Waals surface area contributed by atoms with Crippen molar-refractivity contribution in [1.82, 2.24) is 5.32 Å². The number of nitrogens with zero attached hydrogens (tertiary/aromatic N) is 1. The van der Waals surface area contributed by atoms with Crippen LogP contribution >= 0.6 is 0 Å². The van der Waals surface area contributed by atoms with Gasteiger partial charge in [-0.1, -0.05) is 44.7 Å². The van der Waals surface area contributed by atoms with Crippen LogP contribution in [0.15, 0.2) is 5.16 Å². The van der Waals surface area contributed by atoms with Gasteiger partial charge in [-0.05, 0) is 38.6 Å². The Bertz CT molecular complexity index is 281. The van der Waals surface area contributed by atoms with E-state index in [1.807, 2.05) is 13.8 Å². The minimum atomic E-state index is -0.245. The normalized spacial score (nSPS) is 21.1. The van der Waals surface area contributed by atoms with Crippen molar-refractivity contribution in [3.8, 4) is 0 Å². The Kier molecular flexibility index (Phi) is 6.63. The summed E-state index contributed by atoms with van der Waals surface area (Å²) in [6, 6.07) is 0.571. The van der Waals surface area contributed by atoms with Crippen molar-refractivity contribution >= 4 is 5.84 Å². The summed E-state index contributed by atoms with van der Waals surface area (Å²) in [6.07, 6.45) is 9.17. The Morgan fingerprint density at radius 3 is 2.42 bits per heavy atom. The summed E-state index contributed by atoms with van der Waals surface area (Å²) in [6.45, 7) is 7.24. The lowest BCUT2D eigenvalue weighted by Gasteiger charge is -2.27. The average molecular weight is 269 g/mol. The van der Waals surface area contributed by atoms with Gasteiger partial charge in [-0.25, -0.2) is 0 Å². The van der Waals surface area contributed by atoms with E-state index < -0.39 is 0 Å². The van der Waals surface area contributed by atoms with Crippen LogP contribution < -0.4 is 11.1 Å². The zero-order chi connectivity index (χ0) is 14.3. The van der Waals surface area contributed by atoms with Crippen LogP contribution in [0, 0.1) is 11.3 Å².